The SMILES string of the molecule is C1=CN2N3C=C4CC5CC6C(CC5CC4CC3C3CCCNN3N2N=C1)C1CCCNC1C1NCCCC61. The van der Waals surface area contributed by atoms with Crippen molar-refractivity contribution in [2.75, 3.05) is 19.6 Å². The average Bonchev–Trinajstić information content (AvgIpc) is 2.99. The lowest BCUT2D eigenvalue weighted by molar-refractivity contribution is -0.339. The van der Waals surface area contributed by atoms with Gasteiger partial charge in [-0.2, -0.15) is 5.12 Å². The van der Waals surface area contributed by atoms with E-state index in [1.54, 1.807) is 5.57 Å². The number of piperidine rings is 2. The van der Waals surface area contributed by atoms with Gasteiger partial charge in [0, 0.05) is 24.8 Å². The van der Waals surface area contributed by atoms with Crippen molar-refractivity contribution in [1.29, 1.82) is 0 Å². The fourth-order valence-electron chi connectivity index (χ4n) is 11.1. The van der Waals surface area contributed by atoms with Crippen LogP contribution in [-0.4, -0.2) is 70.5 Å². The van der Waals surface area contributed by atoms with E-state index in [0.29, 0.717) is 12.1 Å². The highest BCUT2D eigenvalue weighted by molar-refractivity contribution is 5.71. The van der Waals surface area contributed by atoms with Crippen LogP contribution < -0.4 is 16.1 Å². The minimum absolute atomic E-state index is 0.484. The zero-order valence-corrected chi connectivity index (χ0v) is 22.8. The number of nitrogens with zero attached hydrogens (tertiary/aromatic N) is 5. The predicted molar refractivity (Wildman–Crippen MR) is 147 cm³/mol. The van der Waals surface area contributed by atoms with Crippen LogP contribution in [0.25, 0.3) is 0 Å². The Bertz CT molecular complexity index is 1030. The number of hydrogen-bond donors (Lipinski definition) is 3. The Hall–Kier alpha value is -1.61. The molecule has 0 bridgehead atoms. The first kappa shape index (κ1) is 23.1. The lowest BCUT2D eigenvalue weighted by Crippen LogP contribution is -2.74. The Labute approximate surface area is 227 Å². The van der Waals surface area contributed by atoms with Gasteiger partial charge in [-0.3, -0.25) is 5.01 Å². The minimum atomic E-state index is 0.484. The maximum absolute atomic E-state index is 4.74. The van der Waals surface area contributed by atoms with Crippen LogP contribution in [0.15, 0.2) is 29.2 Å². The zero-order chi connectivity index (χ0) is 24.8. The van der Waals surface area contributed by atoms with Gasteiger partial charge in [0.05, 0.1) is 24.5 Å². The van der Waals surface area contributed by atoms with Gasteiger partial charge in [-0.25, -0.2) is 5.43 Å². The molecule has 0 aromatic heterocycles. The smallest absolute Gasteiger partial charge is 0.0715 e. The number of nitrogens with one attached hydrogen (secondary N) is 3. The Kier molecular flexibility index (Phi) is 5.45. The summed E-state index contributed by atoms with van der Waals surface area (Å²) in [4.78, 5) is 0. The molecule has 4 saturated heterocycles. The molecule has 0 spiro atoms. The van der Waals surface area contributed by atoms with Gasteiger partial charge in [0.2, 0.25) is 0 Å². The predicted octanol–water partition coefficient (Wildman–Crippen LogP) is 3.21. The molecule has 9 rings (SSSR count). The van der Waals surface area contributed by atoms with Crippen LogP contribution in [0, 0.1) is 41.4 Å². The number of allylic oxidation sites excluding steroid dienone is 2. The molecule has 8 heteroatoms. The summed E-state index contributed by atoms with van der Waals surface area (Å²) in [5.41, 5.74) is 5.41. The second-order valence-electron chi connectivity index (χ2n) is 14.1. The van der Waals surface area contributed by atoms with Crippen molar-refractivity contribution in [1.82, 2.24) is 36.5 Å². The van der Waals surface area contributed by atoms with Crippen LogP contribution in [0.1, 0.15) is 70.6 Å². The van der Waals surface area contributed by atoms with Crippen molar-refractivity contribution in [3.05, 3.63) is 24.0 Å². The normalized spacial score (nSPS) is 49.3. The zero-order valence-electron chi connectivity index (χ0n) is 22.8. The molecular formula is C30H46N8. The van der Waals surface area contributed by atoms with E-state index in [9.17, 15) is 0 Å². The molecule has 3 aliphatic carbocycles. The minimum Gasteiger partial charge on any atom is -0.312 e. The number of hydrazone groups is 1. The summed E-state index contributed by atoms with van der Waals surface area (Å²) >= 11 is 0. The Morgan fingerprint density at radius 2 is 1.53 bits per heavy atom. The number of fused-ring (bicyclic) bond motifs is 14. The van der Waals surface area contributed by atoms with Gasteiger partial charge >= 0.3 is 0 Å². The van der Waals surface area contributed by atoms with Crippen LogP contribution in [0.4, 0.5) is 0 Å². The maximum Gasteiger partial charge on any atom is 0.0715 e. The van der Waals surface area contributed by atoms with E-state index >= 15 is 0 Å². The Balaban J connectivity index is 1.01. The largest absolute Gasteiger partial charge is 0.312 e. The third-order valence-corrected chi connectivity index (χ3v) is 12.5. The van der Waals surface area contributed by atoms with E-state index in [-0.39, 0.29) is 0 Å². The van der Waals surface area contributed by atoms with Gasteiger partial charge in [0.1, 0.15) is 0 Å². The van der Waals surface area contributed by atoms with E-state index in [1.807, 2.05) is 6.21 Å². The van der Waals surface area contributed by atoms with Crippen LogP contribution in [0.5, 0.6) is 0 Å². The summed E-state index contributed by atoms with van der Waals surface area (Å²) in [5.74, 6) is 6.36. The molecule has 6 heterocycles. The first-order valence-corrected chi connectivity index (χ1v) is 16.1. The highest BCUT2D eigenvalue weighted by Crippen LogP contribution is 2.58. The van der Waals surface area contributed by atoms with Gasteiger partial charge < -0.3 is 10.6 Å². The fraction of sp³-hybridized carbons (Fsp3) is 0.833. The molecule has 6 aliphatic heterocycles. The van der Waals surface area contributed by atoms with Crippen molar-refractivity contribution in [3.63, 3.8) is 0 Å². The standard InChI is InChI=1S/C30H46N8/c1-5-23-25-15-19-13-21-17-28-27-7-3-10-33-37(27)38-34-11-4-12-36(38)35(28)18-22(21)14-20(19)16-26(25)24-6-2-9-32-30(24)29(23)31-8-1/h4,11-12,18-21,23-33H,1-3,5-10,13-17H2. The first-order chi connectivity index (χ1) is 18.8. The molecule has 11 unspecified atom stereocenters. The molecule has 206 valence electrons. The summed E-state index contributed by atoms with van der Waals surface area (Å²) in [5, 5.41) is 22.0. The lowest BCUT2D eigenvalue weighted by atomic mass is 9.49. The fourth-order valence-corrected chi connectivity index (χ4v) is 11.1. The second kappa shape index (κ2) is 8.95. The second-order valence-corrected chi connectivity index (χ2v) is 14.1. The Morgan fingerprint density at radius 1 is 0.763 bits per heavy atom. The number of rotatable bonds is 0. The molecule has 3 saturated carbocycles. The maximum atomic E-state index is 4.74. The highest BCUT2D eigenvalue weighted by atomic mass is 16.1. The van der Waals surface area contributed by atoms with Gasteiger partial charge in [0.25, 0.3) is 0 Å². The van der Waals surface area contributed by atoms with Gasteiger partial charge in [-0.1, -0.05) is 5.23 Å². The van der Waals surface area contributed by atoms with Crippen LogP contribution in [0.2, 0.25) is 0 Å². The van der Waals surface area contributed by atoms with Crippen molar-refractivity contribution in [3.8, 4) is 0 Å². The van der Waals surface area contributed by atoms with E-state index in [0.717, 1.165) is 60.1 Å². The molecule has 0 aromatic rings. The molecule has 7 fully saturated rings. The van der Waals surface area contributed by atoms with Gasteiger partial charge in [-0.05, 0) is 137 Å². The van der Waals surface area contributed by atoms with E-state index in [4.69, 9.17) is 5.10 Å². The molecule has 0 aromatic carbocycles. The molecule has 11 atom stereocenters. The monoisotopic (exact) mass is 518 g/mol. The number of hydrogen-bond acceptors (Lipinski definition) is 8. The van der Waals surface area contributed by atoms with Crippen molar-refractivity contribution < 1.29 is 0 Å². The topological polar surface area (TPSA) is 61.4 Å². The van der Waals surface area contributed by atoms with Gasteiger partial charge in [0.15, 0.2) is 0 Å². The van der Waals surface area contributed by atoms with Gasteiger partial charge in [-0.15, -0.1) is 10.2 Å². The van der Waals surface area contributed by atoms with Crippen molar-refractivity contribution >= 4 is 6.21 Å². The lowest BCUT2D eigenvalue weighted by Gasteiger charge is -2.62. The molecule has 8 nitrogen and oxygen atoms in total. The Morgan fingerprint density at radius 3 is 2.34 bits per heavy atom. The van der Waals surface area contributed by atoms with Crippen LogP contribution in [0.3, 0.4) is 0 Å². The first-order valence-electron chi connectivity index (χ1n) is 16.1. The summed E-state index contributed by atoms with van der Waals surface area (Å²) in [6, 6.07) is 2.48. The van der Waals surface area contributed by atoms with Crippen LogP contribution in [-0.2, 0) is 0 Å². The molecule has 0 amide bonds. The quantitative estimate of drug-likeness (QED) is 0.455. The molecule has 0 radical (unpaired) electrons. The van der Waals surface area contributed by atoms with E-state index in [2.05, 4.69) is 55.0 Å². The summed E-state index contributed by atoms with van der Waals surface area (Å²) in [7, 11) is 0. The molecule has 3 N–H and O–H groups in total. The van der Waals surface area contributed by atoms with Crippen molar-refractivity contribution in [2.45, 2.75) is 94.8 Å². The van der Waals surface area contributed by atoms with Crippen LogP contribution >= 0.6 is 0 Å². The summed E-state index contributed by atoms with van der Waals surface area (Å²) in [6.45, 7) is 3.52. The number of hydrazine groups is 4. The third kappa shape index (κ3) is 3.39. The van der Waals surface area contributed by atoms with E-state index < -0.39 is 0 Å². The average molecular weight is 519 g/mol. The molecule has 38 heavy (non-hydrogen) atoms. The third-order valence-electron chi connectivity index (χ3n) is 12.5. The highest BCUT2D eigenvalue weighted by Gasteiger charge is 2.56. The van der Waals surface area contributed by atoms with Crippen molar-refractivity contribution in [2.24, 2.45) is 46.5 Å². The molecule has 9 aliphatic rings. The summed E-state index contributed by atoms with van der Waals surface area (Å²) in [6.07, 6.45) is 24.1. The molecular weight excluding hydrogens is 472 g/mol. The van der Waals surface area contributed by atoms with E-state index in [1.165, 1.54) is 83.7 Å². The summed E-state index contributed by atoms with van der Waals surface area (Å²) < 4.78 is 0.